The van der Waals surface area contributed by atoms with Gasteiger partial charge in [-0.3, -0.25) is 9.59 Å². The molecule has 152 valence electrons. The van der Waals surface area contributed by atoms with Gasteiger partial charge < -0.3 is 10.2 Å². The summed E-state index contributed by atoms with van der Waals surface area (Å²) in [5.41, 5.74) is 4.72. The van der Waals surface area contributed by atoms with Gasteiger partial charge in [-0.15, -0.1) is 11.8 Å². The maximum Gasteiger partial charge on any atom is 0.255 e. The van der Waals surface area contributed by atoms with Crippen molar-refractivity contribution in [3.8, 4) is 0 Å². The van der Waals surface area contributed by atoms with Gasteiger partial charge in [0, 0.05) is 28.4 Å². The third kappa shape index (κ3) is 4.74. The standard InChI is InChI=1S/C25H24N2O2S/c1-18-6-4-8-20(16-18)25(29)26-21-11-13-22(14-12-21)30-17-24(28)27-15-5-9-19-7-2-3-10-23(19)27/h2-4,6-8,10-14,16H,5,9,15,17H2,1H3,(H,26,29). The Morgan fingerprint density at radius 1 is 1.00 bits per heavy atom. The molecule has 3 aromatic carbocycles. The molecule has 0 fully saturated rings. The minimum Gasteiger partial charge on any atom is -0.322 e. The summed E-state index contributed by atoms with van der Waals surface area (Å²) in [5.74, 6) is 0.394. The zero-order valence-corrected chi connectivity index (χ0v) is 17.7. The van der Waals surface area contributed by atoms with Crippen LogP contribution in [0.2, 0.25) is 0 Å². The summed E-state index contributed by atoms with van der Waals surface area (Å²) in [4.78, 5) is 28.1. The van der Waals surface area contributed by atoms with Gasteiger partial charge in [0.15, 0.2) is 0 Å². The fraction of sp³-hybridized carbons (Fsp3) is 0.200. The summed E-state index contributed by atoms with van der Waals surface area (Å²) in [6.07, 6.45) is 2.03. The molecule has 1 N–H and O–H groups in total. The van der Waals surface area contributed by atoms with Gasteiger partial charge in [-0.25, -0.2) is 0 Å². The number of carbonyl (C=O) groups excluding carboxylic acids is 2. The highest BCUT2D eigenvalue weighted by Crippen LogP contribution is 2.28. The summed E-state index contributed by atoms with van der Waals surface area (Å²) in [7, 11) is 0. The lowest BCUT2D eigenvalue weighted by atomic mass is 10.0. The third-order valence-electron chi connectivity index (χ3n) is 5.17. The number of hydrogen-bond acceptors (Lipinski definition) is 3. The number of carbonyl (C=O) groups is 2. The Kier molecular flexibility index (Phi) is 6.19. The van der Waals surface area contributed by atoms with E-state index in [0.29, 0.717) is 11.3 Å². The van der Waals surface area contributed by atoms with E-state index in [0.717, 1.165) is 41.2 Å². The average molecular weight is 417 g/mol. The minimum absolute atomic E-state index is 0.127. The number of thioether (sulfide) groups is 1. The van der Waals surface area contributed by atoms with Crippen molar-refractivity contribution in [2.45, 2.75) is 24.7 Å². The van der Waals surface area contributed by atoms with Crippen molar-refractivity contribution < 1.29 is 9.59 Å². The van der Waals surface area contributed by atoms with Gasteiger partial charge in [-0.05, 0) is 67.8 Å². The lowest BCUT2D eigenvalue weighted by molar-refractivity contribution is -0.116. The van der Waals surface area contributed by atoms with E-state index in [2.05, 4.69) is 11.4 Å². The Morgan fingerprint density at radius 2 is 1.80 bits per heavy atom. The van der Waals surface area contributed by atoms with Crippen LogP contribution in [0, 0.1) is 6.92 Å². The van der Waals surface area contributed by atoms with E-state index in [9.17, 15) is 9.59 Å². The van der Waals surface area contributed by atoms with Crippen LogP contribution >= 0.6 is 11.8 Å². The summed E-state index contributed by atoms with van der Waals surface area (Å²) in [6, 6.07) is 23.3. The summed E-state index contributed by atoms with van der Waals surface area (Å²) in [5, 5.41) is 2.92. The molecular weight excluding hydrogens is 392 g/mol. The lowest BCUT2D eigenvalue weighted by Crippen LogP contribution is -2.36. The quantitative estimate of drug-likeness (QED) is 0.573. The molecule has 0 saturated carbocycles. The van der Waals surface area contributed by atoms with E-state index in [4.69, 9.17) is 0 Å². The highest BCUT2D eigenvalue weighted by atomic mass is 32.2. The topological polar surface area (TPSA) is 49.4 Å². The summed E-state index contributed by atoms with van der Waals surface area (Å²) in [6.45, 7) is 2.74. The van der Waals surface area contributed by atoms with Gasteiger partial charge in [-0.1, -0.05) is 35.9 Å². The monoisotopic (exact) mass is 416 g/mol. The van der Waals surface area contributed by atoms with Crippen LogP contribution in [0.25, 0.3) is 0 Å². The molecular formula is C25H24N2O2S. The van der Waals surface area contributed by atoms with Gasteiger partial charge in [0.1, 0.15) is 0 Å². The first-order valence-corrected chi connectivity index (χ1v) is 11.1. The number of para-hydroxylation sites is 1. The molecule has 1 heterocycles. The summed E-state index contributed by atoms with van der Waals surface area (Å²) >= 11 is 1.52. The van der Waals surface area contributed by atoms with Crippen molar-refractivity contribution in [2.24, 2.45) is 0 Å². The molecule has 0 bridgehead atoms. The first-order chi connectivity index (χ1) is 14.6. The molecule has 0 spiro atoms. The molecule has 0 saturated heterocycles. The van der Waals surface area contributed by atoms with Crippen LogP contribution in [-0.2, 0) is 11.2 Å². The van der Waals surface area contributed by atoms with Crippen LogP contribution in [0.1, 0.15) is 27.9 Å². The Balaban J connectivity index is 1.34. The molecule has 0 radical (unpaired) electrons. The van der Waals surface area contributed by atoms with Crippen molar-refractivity contribution >= 4 is 35.0 Å². The third-order valence-corrected chi connectivity index (χ3v) is 6.16. The van der Waals surface area contributed by atoms with E-state index in [1.165, 1.54) is 17.3 Å². The first kappa shape index (κ1) is 20.2. The number of nitrogens with one attached hydrogen (secondary N) is 1. The van der Waals surface area contributed by atoms with Gasteiger partial charge >= 0.3 is 0 Å². The Bertz CT molecular complexity index is 1060. The van der Waals surface area contributed by atoms with Crippen molar-refractivity contribution in [3.63, 3.8) is 0 Å². The largest absolute Gasteiger partial charge is 0.322 e. The number of amides is 2. The second kappa shape index (κ2) is 9.18. The maximum atomic E-state index is 12.8. The smallest absolute Gasteiger partial charge is 0.255 e. The molecule has 4 nitrogen and oxygen atoms in total. The predicted molar refractivity (Wildman–Crippen MR) is 123 cm³/mol. The molecule has 0 atom stereocenters. The fourth-order valence-electron chi connectivity index (χ4n) is 3.64. The van der Waals surface area contributed by atoms with Crippen molar-refractivity contribution in [1.82, 2.24) is 0 Å². The first-order valence-electron chi connectivity index (χ1n) is 10.1. The van der Waals surface area contributed by atoms with E-state index in [-0.39, 0.29) is 11.8 Å². The summed E-state index contributed by atoms with van der Waals surface area (Å²) < 4.78 is 0. The predicted octanol–water partition coefficient (Wildman–Crippen LogP) is 5.32. The number of nitrogens with zero attached hydrogens (tertiary/aromatic N) is 1. The molecule has 0 aromatic heterocycles. The van der Waals surface area contributed by atoms with Crippen LogP contribution in [0.15, 0.2) is 77.7 Å². The zero-order valence-electron chi connectivity index (χ0n) is 16.9. The normalized spacial score (nSPS) is 12.9. The van der Waals surface area contributed by atoms with Gasteiger partial charge in [0.05, 0.1) is 5.75 Å². The SMILES string of the molecule is Cc1cccc(C(=O)Nc2ccc(SCC(=O)N3CCCc4ccccc43)cc2)c1. The van der Waals surface area contributed by atoms with E-state index >= 15 is 0 Å². The second-order valence-corrected chi connectivity index (χ2v) is 8.46. The van der Waals surface area contributed by atoms with E-state index < -0.39 is 0 Å². The molecule has 0 aliphatic carbocycles. The fourth-order valence-corrected chi connectivity index (χ4v) is 4.41. The Hall–Kier alpha value is -3.05. The van der Waals surface area contributed by atoms with E-state index in [1.54, 1.807) is 6.07 Å². The highest BCUT2D eigenvalue weighted by Gasteiger charge is 2.21. The number of rotatable bonds is 5. The zero-order chi connectivity index (χ0) is 20.9. The number of anilines is 2. The number of fused-ring (bicyclic) bond motifs is 1. The average Bonchev–Trinajstić information content (AvgIpc) is 2.78. The lowest BCUT2D eigenvalue weighted by Gasteiger charge is -2.29. The van der Waals surface area contributed by atoms with Gasteiger partial charge in [-0.2, -0.15) is 0 Å². The molecule has 3 aromatic rings. The van der Waals surface area contributed by atoms with Crippen LogP contribution in [0.3, 0.4) is 0 Å². The number of aryl methyl sites for hydroxylation is 2. The maximum absolute atomic E-state index is 12.8. The molecule has 1 aliphatic heterocycles. The van der Waals surface area contributed by atoms with Gasteiger partial charge in [0.2, 0.25) is 5.91 Å². The van der Waals surface area contributed by atoms with Crippen molar-refractivity contribution in [3.05, 3.63) is 89.5 Å². The molecule has 2 amide bonds. The van der Waals surface area contributed by atoms with E-state index in [1.807, 2.05) is 72.5 Å². The van der Waals surface area contributed by atoms with Crippen molar-refractivity contribution in [2.75, 3.05) is 22.5 Å². The second-order valence-electron chi connectivity index (χ2n) is 7.41. The number of hydrogen-bond donors (Lipinski definition) is 1. The molecule has 0 unspecified atom stereocenters. The molecule has 4 rings (SSSR count). The molecule has 30 heavy (non-hydrogen) atoms. The van der Waals surface area contributed by atoms with Crippen LogP contribution in [0.5, 0.6) is 0 Å². The Labute approximate surface area is 181 Å². The van der Waals surface area contributed by atoms with Crippen LogP contribution < -0.4 is 10.2 Å². The minimum atomic E-state index is -0.127. The molecule has 5 heteroatoms. The van der Waals surface area contributed by atoms with Crippen LogP contribution in [0.4, 0.5) is 11.4 Å². The Morgan fingerprint density at radius 3 is 2.60 bits per heavy atom. The number of benzene rings is 3. The van der Waals surface area contributed by atoms with Crippen molar-refractivity contribution in [1.29, 1.82) is 0 Å². The van der Waals surface area contributed by atoms with Gasteiger partial charge in [0.25, 0.3) is 5.91 Å². The van der Waals surface area contributed by atoms with Crippen LogP contribution in [-0.4, -0.2) is 24.1 Å². The molecule has 1 aliphatic rings. The highest BCUT2D eigenvalue weighted by molar-refractivity contribution is 8.00.